The summed E-state index contributed by atoms with van der Waals surface area (Å²) in [4.78, 5) is 99.7. The average molecular weight is 1180 g/mol. The molecule has 4 aliphatic heterocycles. The number of carbonyl (C=O) groups excluding carboxylic acids is 8. The van der Waals surface area contributed by atoms with Gasteiger partial charge in [0.25, 0.3) is 35.4 Å². The van der Waals surface area contributed by atoms with Crippen molar-refractivity contribution in [2.75, 3.05) is 39.3 Å². The van der Waals surface area contributed by atoms with Crippen LogP contribution in [0.15, 0.2) is 24.3 Å². The molecule has 0 unspecified atom stereocenters. The number of nitrogens with one attached hydrogen (secondary N) is 1. The summed E-state index contributed by atoms with van der Waals surface area (Å²) < 4.78 is 0. The van der Waals surface area contributed by atoms with Crippen molar-refractivity contribution in [1.29, 1.82) is 0 Å². The molecule has 0 radical (unpaired) electrons. The van der Waals surface area contributed by atoms with Gasteiger partial charge in [-0.2, -0.15) is 5.06 Å². The van der Waals surface area contributed by atoms with Crippen molar-refractivity contribution in [3.05, 3.63) is 24.3 Å². The van der Waals surface area contributed by atoms with Gasteiger partial charge in [0.05, 0.1) is 5.92 Å². The van der Waals surface area contributed by atoms with Crippen molar-refractivity contribution in [2.24, 2.45) is 29.4 Å². The van der Waals surface area contributed by atoms with Gasteiger partial charge in [-0.1, -0.05) is 206 Å². The summed E-state index contributed by atoms with van der Waals surface area (Å²) in [5, 5.41) is 13.5. The summed E-state index contributed by atoms with van der Waals surface area (Å²) in [5.74, 6) is -1.10. The van der Waals surface area contributed by atoms with Crippen LogP contribution in [0.1, 0.15) is 296 Å². The summed E-state index contributed by atoms with van der Waals surface area (Å²) in [7, 11) is 0. The van der Waals surface area contributed by atoms with Crippen LogP contribution in [0.5, 0.6) is 0 Å². The second kappa shape index (κ2) is 47.8. The van der Waals surface area contributed by atoms with Gasteiger partial charge >= 0.3 is 5.97 Å². The van der Waals surface area contributed by atoms with Crippen LogP contribution in [-0.4, -0.2) is 112 Å². The van der Waals surface area contributed by atoms with Gasteiger partial charge in [-0.05, 0) is 95.4 Å². The van der Waals surface area contributed by atoms with Crippen molar-refractivity contribution in [3.63, 3.8) is 0 Å². The van der Waals surface area contributed by atoms with Crippen molar-refractivity contribution in [1.82, 2.24) is 25.2 Å². The van der Waals surface area contributed by atoms with Gasteiger partial charge in [-0.25, -0.2) is 0 Å². The highest BCUT2D eigenvalue weighted by atomic mass is 16.7. The van der Waals surface area contributed by atoms with Crippen LogP contribution in [-0.2, 0) is 43.2 Å². The minimum absolute atomic E-state index is 0.0417. The second-order valence-electron chi connectivity index (χ2n) is 25.0. The number of unbranched alkanes of at least 4 members (excludes halogenated alkanes) is 30. The van der Waals surface area contributed by atoms with E-state index in [-0.39, 0.29) is 65.2 Å². The number of nitrogens with zero attached hydrogens (tertiary/aromatic N) is 4. The predicted octanol–water partition coefficient (Wildman–Crippen LogP) is 14.1. The number of hydroxylamine groups is 4. The molecule has 480 valence electrons. The highest BCUT2D eigenvalue weighted by Gasteiger charge is 2.34. The molecule has 0 aromatic heterocycles. The minimum Gasteiger partial charge on any atom is -0.368 e. The van der Waals surface area contributed by atoms with E-state index in [2.05, 4.69) is 19.2 Å². The van der Waals surface area contributed by atoms with Crippen molar-refractivity contribution in [2.45, 2.75) is 296 Å². The molecule has 4 N–H and O–H groups in total. The molecule has 6 aliphatic rings. The fourth-order valence-corrected chi connectivity index (χ4v) is 12.2. The van der Waals surface area contributed by atoms with E-state index in [1.54, 1.807) is 5.06 Å². The fourth-order valence-electron chi connectivity index (χ4n) is 12.2. The first-order valence-corrected chi connectivity index (χ1v) is 34.4. The van der Waals surface area contributed by atoms with Crippen LogP contribution >= 0.6 is 0 Å². The third kappa shape index (κ3) is 33.6. The summed E-state index contributed by atoms with van der Waals surface area (Å²) in [6, 6.07) is 0. The molecule has 7 amide bonds. The summed E-state index contributed by atoms with van der Waals surface area (Å²) in [6.07, 6.45) is 59.2. The molecule has 84 heavy (non-hydrogen) atoms. The summed E-state index contributed by atoms with van der Waals surface area (Å²) >= 11 is 0. The number of nitrogens with two attached hydrogens (primary N) is 1. The number of imide groups is 3. The molecular formula is C68H118N6O10. The topological polar surface area (TPSA) is 217 Å². The molecule has 16 nitrogen and oxygen atoms in total. The fraction of sp³-hybridized carbons (Fsp3) is 0.824. The Bertz CT molecular complexity index is 1840. The highest BCUT2D eigenvalue weighted by Crippen LogP contribution is 2.32. The van der Waals surface area contributed by atoms with Gasteiger partial charge in [-0.15, -0.1) is 5.06 Å². The molecule has 2 aliphatic carbocycles. The van der Waals surface area contributed by atoms with Crippen molar-refractivity contribution < 1.29 is 48.4 Å². The lowest BCUT2D eigenvalue weighted by atomic mass is 9.81. The zero-order valence-electron chi connectivity index (χ0n) is 53.0. The van der Waals surface area contributed by atoms with E-state index in [0.29, 0.717) is 24.9 Å². The maximum absolute atomic E-state index is 12.5. The van der Waals surface area contributed by atoms with Crippen LogP contribution in [0, 0.1) is 23.7 Å². The first-order valence-electron chi connectivity index (χ1n) is 34.4. The Morgan fingerprint density at radius 3 is 1.08 bits per heavy atom. The molecule has 4 fully saturated rings. The number of hydrogen-bond acceptors (Lipinski definition) is 12. The molecule has 0 bridgehead atoms. The Kier molecular flexibility index (Phi) is 42.1. The lowest BCUT2D eigenvalue weighted by Crippen LogP contribution is -2.38. The maximum Gasteiger partial charge on any atom is 0.328 e. The Morgan fingerprint density at radius 2 is 0.774 bits per heavy atom. The largest absolute Gasteiger partial charge is 0.368 e. The van der Waals surface area contributed by atoms with Crippen LogP contribution in [0.25, 0.3) is 0 Å². The lowest BCUT2D eigenvalue weighted by molar-refractivity contribution is -0.192. The van der Waals surface area contributed by atoms with Crippen molar-refractivity contribution >= 4 is 47.3 Å². The molecule has 2 saturated carbocycles. The molecule has 0 spiro atoms. The van der Waals surface area contributed by atoms with Gasteiger partial charge in [0, 0.05) is 75.8 Å². The van der Waals surface area contributed by atoms with E-state index in [9.17, 15) is 38.4 Å². The number of hydrogen-bond donors (Lipinski definition) is 3. The Morgan fingerprint density at radius 1 is 0.464 bits per heavy atom. The molecule has 6 rings (SSSR count). The van der Waals surface area contributed by atoms with Crippen LogP contribution < -0.4 is 11.1 Å². The molecule has 2 saturated heterocycles. The van der Waals surface area contributed by atoms with Crippen LogP contribution in [0.2, 0.25) is 0 Å². The third-order valence-corrected chi connectivity index (χ3v) is 17.8. The van der Waals surface area contributed by atoms with Gasteiger partial charge in [0.2, 0.25) is 5.91 Å². The second-order valence-corrected chi connectivity index (χ2v) is 25.0. The smallest absolute Gasteiger partial charge is 0.328 e. The Balaban J connectivity index is 0.000000323. The minimum atomic E-state index is -0.505. The quantitative estimate of drug-likeness (QED) is 0.0297. The number of amides is 7. The lowest BCUT2D eigenvalue weighted by Gasteiger charge is -2.30. The predicted molar refractivity (Wildman–Crippen MR) is 334 cm³/mol. The number of rotatable bonds is 40. The maximum atomic E-state index is 12.5. The SMILES string of the molecule is CCCCCCCCCCCCCCCCCCN.CCCCCCCCCCCCCCCCCCNC(=O)C1CCC(CN2C(=O)C=CC2=O)CC1.O=C(ON1CCCC1)C1CCC(CN2C(=O)C=CC2=O)CC1.O=C1CCC(=O)N1O. The Labute approximate surface area is 508 Å². The molecule has 16 heteroatoms. The van der Waals surface area contributed by atoms with Crippen molar-refractivity contribution in [3.8, 4) is 0 Å². The molecule has 0 aromatic carbocycles. The van der Waals surface area contributed by atoms with E-state index < -0.39 is 11.8 Å². The summed E-state index contributed by atoms with van der Waals surface area (Å²) in [6.45, 7) is 8.88. The first kappa shape index (κ1) is 74.0. The average Bonchev–Trinajstić information content (AvgIpc) is 4.48. The van der Waals surface area contributed by atoms with E-state index in [1.165, 1.54) is 233 Å². The van der Waals surface area contributed by atoms with Gasteiger partial charge in [0.1, 0.15) is 0 Å². The van der Waals surface area contributed by atoms with E-state index in [4.69, 9.17) is 15.8 Å². The number of carbonyl (C=O) groups is 8. The third-order valence-electron chi connectivity index (χ3n) is 17.8. The molecular weight excluding hydrogens is 1060 g/mol. The summed E-state index contributed by atoms with van der Waals surface area (Å²) in [5.41, 5.74) is 5.48. The van der Waals surface area contributed by atoms with E-state index in [0.717, 1.165) is 96.8 Å². The van der Waals surface area contributed by atoms with Gasteiger partial charge in [0.15, 0.2) is 0 Å². The van der Waals surface area contributed by atoms with E-state index >= 15 is 0 Å². The van der Waals surface area contributed by atoms with Crippen LogP contribution in [0.4, 0.5) is 0 Å². The molecule has 4 heterocycles. The van der Waals surface area contributed by atoms with E-state index in [1.807, 2.05) is 0 Å². The molecule has 0 atom stereocenters. The zero-order valence-corrected chi connectivity index (χ0v) is 53.0. The zero-order chi connectivity index (χ0) is 60.8. The van der Waals surface area contributed by atoms with Gasteiger partial charge < -0.3 is 15.9 Å². The normalized spacial score (nSPS) is 20.5. The standard InChI is InChI=1S/C30H52N2O3.C18H39N.C16H22N2O4.C4H5NO3/c1-2-3-4-5-6-7-8-9-10-11-12-13-14-15-16-17-24-31-30(35)27-20-18-26(19-21-27)25-32-28(33)22-23-29(32)34;1-2-3-4-5-6-7-8-9-10-11-12-13-14-15-16-17-18-19;19-14-7-8-15(20)18(14)11-12-3-5-13(6-4-12)16(21)22-17-9-1-2-10-17;6-3-1-2-4(7)5(3)8/h22-23,26-27H,2-21,24-25H2,1H3,(H,31,35);2-19H2,1H3;7-8,12-13H,1-6,9-11H2;8H,1-2H2. The van der Waals surface area contributed by atoms with Crippen LogP contribution in [0.3, 0.4) is 0 Å². The van der Waals surface area contributed by atoms with Gasteiger partial charge in [-0.3, -0.25) is 53.4 Å². The Hall–Kier alpha value is -4.28. The first-order chi connectivity index (χ1) is 40.9. The highest BCUT2D eigenvalue weighted by molar-refractivity contribution is 6.13. The molecule has 0 aromatic rings. The monoisotopic (exact) mass is 1180 g/mol.